The highest BCUT2D eigenvalue weighted by Crippen LogP contribution is 2.22. The van der Waals surface area contributed by atoms with Gasteiger partial charge in [-0.3, -0.25) is 0 Å². The van der Waals surface area contributed by atoms with Gasteiger partial charge in [0.1, 0.15) is 0 Å². The van der Waals surface area contributed by atoms with E-state index >= 15 is 0 Å². The first-order valence-corrected chi connectivity index (χ1v) is 8.74. The van der Waals surface area contributed by atoms with E-state index in [1.807, 2.05) is 0 Å². The molecular weight excluding hydrogens is 272 g/mol. The highest BCUT2D eigenvalue weighted by molar-refractivity contribution is 9.09. The first kappa shape index (κ1) is 17.5. The van der Waals surface area contributed by atoms with Crippen LogP contribution in [0.2, 0.25) is 0 Å². The van der Waals surface area contributed by atoms with Gasteiger partial charge in [0.2, 0.25) is 0 Å². The molecule has 0 rings (SSSR count). The van der Waals surface area contributed by atoms with Crippen molar-refractivity contribution >= 4 is 15.9 Å². The van der Waals surface area contributed by atoms with Crippen LogP contribution in [0.25, 0.3) is 0 Å². The molecule has 0 aromatic carbocycles. The minimum Gasteiger partial charge on any atom is -0.0928 e. The Hall–Kier alpha value is 0.480. The Morgan fingerprint density at radius 1 is 0.588 bits per heavy atom. The summed E-state index contributed by atoms with van der Waals surface area (Å²) in [7, 11) is 0. The molecule has 104 valence electrons. The molecule has 17 heavy (non-hydrogen) atoms. The number of hydrogen-bond acceptors (Lipinski definition) is 0. The van der Waals surface area contributed by atoms with E-state index in [-0.39, 0.29) is 0 Å². The number of hydrogen-bond donors (Lipinski definition) is 0. The number of rotatable bonds is 11. The summed E-state index contributed by atoms with van der Waals surface area (Å²) in [6, 6.07) is 0. The van der Waals surface area contributed by atoms with Gasteiger partial charge in [-0.25, -0.2) is 0 Å². The van der Waals surface area contributed by atoms with Gasteiger partial charge in [0.25, 0.3) is 0 Å². The minimum atomic E-state index is 0.537. The lowest BCUT2D eigenvalue weighted by Crippen LogP contribution is -2.03. The molecule has 0 amide bonds. The first-order valence-electron chi connectivity index (χ1n) is 7.62. The fraction of sp³-hybridized carbons (Fsp3) is 1.00. The Bertz CT molecular complexity index is 146. The summed E-state index contributed by atoms with van der Waals surface area (Å²) in [6.45, 7) is 7.04. The molecule has 0 fully saturated rings. The summed E-state index contributed by atoms with van der Waals surface area (Å²) in [4.78, 5) is 0. The molecule has 0 aliphatic rings. The number of alkyl halides is 1. The Balaban J connectivity index is 2.99. The van der Waals surface area contributed by atoms with Crippen molar-refractivity contribution in [2.24, 2.45) is 5.41 Å². The molecule has 0 radical (unpaired) electrons. The molecule has 0 aromatic heterocycles. The molecule has 0 saturated carbocycles. The zero-order valence-electron chi connectivity index (χ0n) is 12.4. The Labute approximate surface area is 118 Å². The molecule has 0 aliphatic carbocycles. The van der Waals surface area contributed by atoms with E-state index in [2.05, 4.69) is 36.7 Å². The number of halogens is 1. The van der Waals surface area contributed by atoms with Crippen molar-refractivity contribution in [3.8, 4) is 0 Å². The molecule has 0 spiro atoms. The highest BCUT2D eigenvalue weighted by atomic mass is 79.9. The van der Waals surface area contributed by atoms with Crippen LogP contribution in [0, 0.1) is 5.41 Å². The van der Waals surface area contributed by atoms with Crippen LogP contribution in [0.15, 0.2) is 0 Å². The molecule has 0 bridgehead atoms. The SMILES string of the molecule is CC(C)(C)CCCCCCCCCCCCBr. The lowest BCUT2D eigenvalue weighted by molar-refractivity contribution is 0.356. The topological polar surface area (TPSA) is 0 Å². The van der Waals surface area contributed by atoms with E-state index in [1.54, 1.807) is 0 Å². The van der Waals surface area contributed by atoms with Gasteiger partial charge in [-0.05, 0) is 18.3 Å². The second kappa shape index (κ2) is 11.6. The zero-order valence-corrected chi connectivity index (χ0v) is 13.9. The maximum absolute atomic E-state index is 3.48. The predicted octanol–water partition coefficient (Wildman–Crippen LogP) is 6.72. The third kappa shape index (κ3) is 16.5. The van der Waals surface area contributed by atoms with Crippen molar-refractivity contribution in [3.63, 3.8) is 0 Å². The Morgan fingerprint density at radius 3 is 1.29 bits per heavy atom. The number of unbranched alkanes of at least 4 members (excludes halogenated alkanes) is 9. The van der Waals surface area contributed by atoms with Crippen molar-refractivity contribution in [3.05, 3.63) is 0 Å². The van der Waals surface area contributed by atoms with Gasteiger partial charge in [0.05, 0.1) is 0 Å². The van der Waals surface area contributed by atoms with Crippen molar-refractivity contribution in [2.75, 3.05) is 5.33 Å². The van der Waals surface area contributed by atoms with Crippen LogP contribution in [0.1, 0.15) is 91.4 Å². The van der Waals surface area contributed by atoms with E-state index in [0.29, 0.717) is 5.41 Å². The van der Waals surface area contributed by atoms with Gasteiger partial charge in [-0.15, -0.1) is 0 Å². The van der Waals surface area contributed by atoms with E-state index in [0.717, 1.165) is 0 Å². The van der Waals surface area contributed by atoms with Gasteiger partial charge in [0, 0.05) is 5.33 Å². The second-order valence-corrected chi connectivity index (χ2v) is 7.33. The van der Waals surface area contributed by atoms with E-state index in [4.69, 9.17) is 0 Å². The molecule has 1 heteroatoms. The standard InChI is InChI=1S/C16H33Br/c1-16(2,3)14-12-10-8-6-4-5-7-9-11-13-15-17/h4-15H2,1-3H3. The third-order valence-corrected chi connectivity index (χ3v) is 3.87. The molecule has 0 aromatic rings. The average Bonchev–Trinajstić information content (AvgIpc) is 2.24. The summed E-state index contributed by atoms with van der Waals surface area (Å²) < 4.78 is 0. The molecular formula is C16H33Br. The van der Waals surface area contributed by atoms with Crippen LogP contribution < -0.4 is 0 Å². The van der Waals surface area contributed by atoms with Crippen molar-refractivity contribution in [1.82, 2.24) is 0 Å². The summed E-state index contributed by atoms with van der Waals surface area (Å²) >= 11 is 3.48. The van der Waals surface area contributed by atoms with Crippen molar-refractivity contribution in [2.45, 2.75) is 91.4 Å². The Morgan fingerprint density at radius 2 is 0.941 bits per heavy atom. The quantitative estimate of drug-likeness (QED) is 0.293. The lowest BCUT2D eigenvalue weighted by Gasteiger charge is -2.17. The molecule has 0 atom stereocenters. The largest absolute Gasteiger partial charge is 0.0928 e. The van der Waals surface area contributed by atoms with Crippen molar-refractivity contribution in [1.29, 1.82) is 0 Å². The highest BCUT2D eigenvalue weighted by Gasteiger charge is 2.08. The van der Waals surface area contributed by atoms with Gasteiger partial charge < -0.3 is 0 Å². The van der Waals surface area contributed by atoms with Crippen molar-refractivity contribution < 1.29 is 0 Å². The van der Waals surface area contributed by atoms with E-state index in [9.17, 15) is 0 Å². The van der Waals surface area contributed by atoms with Crippen LogP contribution in [-0.4, -0.2) is 5.33 Å². The molecule has 0 unspecified atom stereocenters. The fourth-order valence-electron chi connectivity index (χ4n) is 2.16. The zero-order chi connectivity index (χ0) is 13.0. The van der Waals surface area contributed by atoms with E-state index < -0.39 is 0 Å². The van der Waals surface area contributed by atoms with Crippen LogP contribution in [0.4, 0.5) is 0 Å². The van der Waals surface area contributed by atoms with Gasteiger partial charge >= 0.3 is 0 Å². The normalized spacial score (nSPS) is 12.0. The lowest BCUT2D eigenvalue weighted by atomic mass is 9.89. The van der Waals surface area contributed by atoms with Crippen LogP contribution in [0.3, 0.4) is 0 Å². The van der Waals surface area contributed by atoms with E-state index in [1.165, 1.54) is 76.0 Å². The Kier molecular flexibility index (Phi) is 11.9. The predicted molar refractivity (Wildman–Crippen MR) is 84.0 cm³/mol. The van der Waals surface area contributed by atoms with Crippen LogP contribution in [-0.2, 0) is 0 Å². The fourth-order valence-corrected chi connectivity index (χ4v) is 2.56. The molecule has 0 heterocycles. The third-order valence-electron chi connectivity index (χ3n) is 3.31. The van der Waals surface area contributed by atoms with Gasteiger partial charge in [-0.1, -0.05) is 94.5 Å². The molecule has 0 nitrogen and oxygen atoms in total. The smallest absolute Gasteiger partial charge is 0.00313 e. The maximum atomic E-state index is 3.48. The van der Waals surface area contributed by atoms with Gasteiger partial charge in [-0.2, -0.15) is 0 Å². The molecule has 0 aliphatic heterocycles. The molecule has 0 saturated heterocycles. The minimum absolute atomic E-state index is 0.537. The monoisotopic (exact) mass is 304 g/mol. The average molecular weight is 305 g/mol. The summed E-state index contributed by atoms with van der Waals surface area (Å²) in [5.41, 5.74) is 0.537. The summed E-state index contributed by atoms with van der Waals surface area (Å²) in [5.74, 6) is 0. The summed E-state index contributed by atoms with van der Waals surface area (Å²) in [5, 5.41) is 1.18. The maximum Gasteiger partial charge on any atom is 0.00313 e. The first-order chi connectivity index (χ1) is 8.06. The summed E-state index contributed by atoms with van der Waals surface area (Å²) in [6.07, 6.45) is 15.8. The van der Waals surface area contributed by atoms with Gasteiger partial charge in [0.15, 0.2) is 0 Å². The van der Waals surface area contributed by atoms with Crippen LogP contribution in [0.5, 0.6) is 0 Å². The molecule has 0 N–H and O–H groups in total. The van der Waals surface area contributed by atoms with Crippen LogP contribution >= 0.6 is 15.9 Å². The second-order valence-electron chi connectivity index (χ2n) is 6.54.